The molecule has 3 N–H and O–H groups in total. The lowest BCUT2D eigenvalue weighted by molar-refractivity contribution is 0.141. The Morgan fingerprint density at radius 1 is 1.29 bits per heavy atom. The van der Waals surface area contributed by atoms with E-state index in [2.05, 4.69) is 0 Å². The second-order valence-electron chi connectivity index (χ2n) is 3.59. The number of hydrogen-bond donors (Lipinski definition) is 3. The molecule has 1 aliphatic heterocycles. The standard InChI is InChI=1S/C10H14O4/c1-2-3-5-6(4-11)8(13)10-9(14-10)7(5)12/h2-3,7-13H,4H2,1H3/b3-2+/t7-,8-,9+,10-/m1/s1. The number of epoxide rings is 1. The molecule has 0 unspecified atom stereocenters. The van der Waals surface area contributed by atoms with Crippen molar-refractivity contribution < 1.29 is 20.1 Å². The van der Waals surface area contributed by atoms with Crippen LogP contribution in [0, 0.1) is 0 Å². The van der Waals surface area contributed by atoms with Crippen molar-refractivity contribution >= 4 is 0 Å². The molecule has 4 heteroatoms. The van der Waals surface area contributed by atoms with E-state index in [4.69, 9.17) is 9.84 Å². The third-order valence-corrected chi connectivity index (χ3v) is 2.75. The molecule has 1 heterocycles. The fraction of sp³-hybridized carbons (Fsp3) is 0.600. The number of allylic oxidation sites excluding steroid dienone is 1. The predicted molar refractivity (Wildman–Crippen MR) is 49.6 cm³/mol. The number of aliphatic hydroxyl groups is 3. The minimum atomic E-state index is -0.778. The van der Waals surface area contributed by atoms with Crippen LogP contribution in [0.1, 0.15) is 6.92 Å². The minimum Gasteiger partial charge on any atom is -0.392 e. The summed E-state index contributed by atoms with van der Waals surface area (Å²) in [5.74, 6) is 0. The van der Waals surface area contributed by atoms with Gasteiger partial charge in [-0.25, -0.2) is 0 Å². The largest absolute Gasteiger partial charge is 0.392 e. The van der Waals surface area contributed by atoms with E-state index >= 15 is 0 Å². The molecule has 4 atom stereocenters. The van der Waals surface area contributed by atoms with Crippen molar-refractivity contribution in [3.63, 3.8) is 0 Å². The zero-order valence-electron chi connectivity index (χ0n) is 7.92. The fourth-order valence-corrected chi connectivity index (χ4v) is 1.95. The summed E-state index contributed by atoms with van der Waals surface area (Å²) >= 11 is 0. The maximum absolute atomic E-state index is 9.77. The lowest BCUT2D eigenvalue weighted by Gasteiger charge is -2.23. The van der Waals surface area contributed by atoms with Crippen LogP contribution in [-0.4, -0.2) is 46.3 Å². The van der Waals surface area contributed by atoms with Crippen LogP contribution in [0.4, 0.5) is 0 Å². The molecule has 14 heavy (non-hydrogen) atoms. The van der Waals surface area contributed by atoms with Crippen molar-refractivity contribution in [3.05, 3.63) is 23.3 Å². The van der Waals surface area contributed by atoms with Crippen LogP contribution < -0.4 is 0 Å². The summed E-state index contributed by atoms with van der Waals surface area (Å²) in [6.07, 6.45) is 1.34. The van der Waals surface area contributed by atoms with Gasteiger partial charge in [0.2, 0.25) is 0 Å². The van der Waals surface area contributed by atoms with Crippen molar-refractivity contribution in [1.29, 1.82) is 0 Å². The molecule has 2 rings (SSSR count). The minimum absolute atomic E-state index is 0.246. The number of rotatable bonds is 2. The van der Waals surface area contributed by atoms with E-state index < -0.39 is 12.2 Å². The highest BCUT2D eigenvalue weighted by atomic mass is 16.6. The second-order valence-corrected chi connectivity index (χ2v) is 3.59. The highest BCUT2D eigenvalue weighted by Crippen LogP contribution is 2.40. The Bertz CT molecular complexity index is 294. The first-order valence-corrected chi connectivity index (χ1v) is 4.68. The van der Waals surface area contributed by atoms with Gasteiger partial charge in [0.1, 0.15) is 24.4 Å². The summed E-state index contributed by atoms with van der Waals surface area (Å²) in [4.78, 5) is 0. The molecule has 0 spiro atoms. The molecule has 0 bridgehead atoms. The summed E-state index contributed by atoms with van der Waals surface area (Å²) in [6, 6.07) is 0. The maximum atomic E-state index is 9.77. The van der Waals surface area contributed by atoms with Crippen molar-refractivity contribution in [2.45, 2.75) is 31.3 Å². The zero-order valence-corrected chi connectivity index (χ0v) is 7.92. The van der Waals surface area contributed by atoms with E-state index in [0.717, 1.165) is 0 Å². The lowest BCUT2D eigenvalue weighted by Crippen LogP contribution is -2.35. The van der Waals surface area contributed by atoms with Gasteiger partial charge in [-0.15, -0.1) is 0 Å². The summed E-state index contributed by atoms with van der Waals surface area (Å²) in [7, 11) is 0. The van der Waals surface area contributed by atoms with E-state index in [-0.39, 0.29) is 18.8 Å². The van der Waals surface area contributed by atoms with E-state index in [1.165, 1.54) is 0 Å². The summed E-state index contributed by atoms with van der Waals surface area (Å²) in [6.45, 7) is 1.57. The van der Waals surface area contributed by atoms with Crippen LogP contribution in [0.15, 0.2) is 23.3 Å². The summed E-state index contributed by atoms with van der Waals surface area (Å²) < 4.78 is 5.12. The molecule has 0 radical (unpaired) electrons. The molecule has 4 nitrogen and oxygen atoms in total. The molecule has 1 aliphatic carbocycles. The molecule has 1 saturated heterocycles. The monoisotopic (exact) mass is 198 g/mol. The Labute approximate surface area is 82.1 Å². The lowest BCUT2D eigenvalue weighted by atomic mass is 9.87. The first-order chi connectivity index (χ1) is 6.70. The maximum Gasteiger partial charge on any atom is 0.117 e. The van der Waals surface area contributed by atoms with Crippen LogP contribution in [0.5, 0.6) is 0 Å². The van der Waals surface area contributed by atoms with Gasteiger partial charge in [-0.05, 0) is 18.1 Å². The van der Waals surface area contributed by atoms with Gasteiger partial charge in [0.25, 0.3) is 0 Å². The molecule has 0 amide bonds. The Morgan fingerprint density at radius 3 is 2.50 bits per heavy atom. The number of ether oxygens (including phenoxy) is 1. The normalized spacial score (nSPS) is 41.7. The van der Waals surface area contributed by atoms with Crippen LogP contribution in [0.3, 0.4) is 0 Å². The number of fused-ring (bicyclic) bond motifs is 1. The topological polar surface area (TPSA) is 73.2 Å². The van der Waals surface area contributed by atoms with E-state index in [1.54, 1.807) is 12.2 Å². The van der Waals surface area contributed by atoms with Crippen molar-refractivity contribution in [2.24, 2.45) is 0 Å². The molecule has 2 aliphatic rings. The highest BCUT2D eigenvalue weighted by Gasteiger charge is 2.54. The third kappa shape index (κ3) is 1.31. The first-order valence-electron chi connectivity index (χ1n) is 4.68. The van der Waals surface area contributed by atoms with Gasteiger partial charge in [0, 0.05) is 0 Å². The first kappa shape index (κ1) is 9.86. The van der Waals surface area contributed by atoms with Crippen molar-refractivity contribution in [3.8, 4) is 0 Å². The SMILES string of the molecule is C/C=C/C1=C(CO)[C@@H](O)[C@H]2O[C@H]2[C@@H]1O. The van der Waals surface area contributed by atoms with E-state index in [9.17, 15) is 10.2 Å². The Kier molecular flexibility index (Phi) is 2.45. The van der Waals surface area contributed by atoms with Crippen LogP contribution in [0.2, 0.25) is 0 Å². The predicted octanol–water partition coefficient (Wildman–Crippen LogP) is -0.646. The van der Waals surface area contributed by atoms with E-state index in [1.807, 2.05) is 6.92 Å². The summed E-state index contributed by atoms with van der Waals surface area (Å²) in [5, 5.41) is 28.6. The molecular weight excluding hydrogens is 184 g/mol. The highest BCUT2D eigenvalue weighted by molar-refractivity contribution is 5.39. The van der Waals surface area contributed by atoms with Gasteiger partial charge in [-0.3, -0.25) is 0 Å². The van der Waals surface area contributed by atoms with Crippen LogP contribution >= 0.6 is 0 Å². The quantitative estimate of drug-likeness (QED) is 0.516. The van der Waals surface area contributed by atoms with Gasteiger partial charge < -0.3 is 20.1 Å². The molecule has 0 aromatic heterocycles. The Balaban J connectivity index is 2.36. The van der Waals surface area contributed by atoms with Gasteiger partial charge >= 0.3 is 0 Å². The fourth-order valence-electron chi connectivity index (χ4n) is 1.95. The molecule has 0 aromatic rings. The second kappa shape index (κ2) is 3.47. The average molecular weight is 198 g/mol. The summed E-state index contributed by atoms with van der Waals surface area (Å²) in [5.41, 5.74) is 1.05. The molecular formula is C10H14O4. The van der Waals surface area contributed by atoms with E-state index in [0.29, 0.717) is 11.1 Å². The molecule has 0 saturated carbocycles. The Hall–Kier alpha value is -0.680. The zero-order chi connectivity index (χ0) is 10.3. The van der Waals surface area contributed by atoms with Gasteiger partial charge in [-0.2, -0.15) is 0 Å². The third-order valence-electron chi connectivity index (χ3n) is 2.75. The van der Waals surface area contributed by atoms with Crippen molar-refractivity contribution in [2.75, 3.05) is 6.61 Å². The Morgan fingerprint density at radius 2 is 1.93 bits per heavy atom. The molecule has 0 aromatic carbocycles. The average Bonchev–Trinajstić information content (AvgIpc) is 2.94. The number of hydrogen-bond acceptors (Lipinski definition) is 4. The van der Waals surface area contributed by atoms with Crippen LogP contribution in [0.25, 0.3) is 0 Å². The van der Waals surface area contributed by atoms with Gasteiger partial charge in [0.05, 0.1) is 6.61 Å². The van der Waals surface area contributed by atoms with Crippen molar-refractivity contribution in [1.82, 2.24) is 0 Å². The van der Waals surface area contributed by atoms with Gasteiger partial charge in [0.15, 0.2) is 0 Å². The van der Waals surface area contributed by atoms with Gasteiger partial charge in [-0.1, -0.05) is 12.2 Å². The smallest absolute Gasteiger partial charge is 0.117 e. The molecule has 1 fully saturated rings. The molecule has 78 valence electrons. The van der Waals surface area contributed by atoms with Crippen LogP contribution in [-0.2, 0) is 4.74 Å². The number of aliphatic hydroxyl groups excluding tert-OH is 3.